The van der Waals surface area contributed by atoms with Gasteiger partial charge in [0, 0.05) is 6.20 Å². The van der Waals surface area contributed by atoms with Gasteiger partial charge in [-0.15, -0.1) is 0 Å². The molecule has 0 spiro atoms. The summed E-state index contributed by atoms with van der Waals surface area (Å²) in [6.45, 7) is 5.68. The van der Waals surface area contributed by atoms with Gasteiger partial charge in [0.1, 0.15) is 28.6 Å². The number of benzene rings is 2. The zero-order chi connectivity index (χ0) is 25.1. The molecule has 0 radical (unpaired) electrons. The predicted molar refractivity (Wildman–Crippen MR) is 136 cm³/mol. The number of hydrogen-bond acceptors (Lipinski definition) is 5. The van der Waals surface area contributed by atoms with E-state index in [1.165, 1.54) is 10.5 Å². The summed E-state index contributed by atoms with van der Waals surface area (Å²) in [5, 5.41) is 12.7. The Balaban J connectivity index is 1.87. The average molecular weight is 485 g/mol. The highest BCUT2D eigenvalue weighted by molar-refractivity contribution is 6.34. The first-order valence-electron chi connectivity index (χ1n) is 10.7. The monoisotopic (exact) mass is 484 g/mol. The van der Waals surface area contributed by atoms with Gasteiger partial charge in [-0.1, -0.05) is 41.9 Å². The van der Waals surface area contributed by atoms with Crippen LogP contribution in [0.3, 0.4) is 0 Å². The Hall–Kier alpha value is -4.41. The van der Waals surface area contributed by atoms with Gasteiger partial charge < -0.3 is 10.1 Å². The molecule has 0 unspecified atom stereocenters. The zero-order valence-corrected chi connectivity index (χ0v) is 20.1. The second-order valence-electron chi connectivity index (χ2n) is 7.92. The molecule has 0 saturated carbocycles. The van der Waals surface area contributed by atoms with Crippen molar-refractivity contribution in [2.24, 2.45) is 0 Å². The summed E-state index contributed by atoms with van der Waals surface area (Å²) in [5.74, 6) is -0.202. The van der Waals surface area contributed by atoms with E-state index in [1.54, 1.807) is 42.6 Å². The van der Waals surface area contributed by atoms with E-state index in [2.05, 4.69) is 10.3 Å². The normalized spacial score (nSPS) is 11.2. The fourth-order valence-corrected chi connectivity index (χ4v) is 3.66. The standard InChI is InChI=1S/C27H21ClN4O3/c1-16-8-6-12-23(18(16)3)35-26-20(27(34)32-13-7-9-17(2)24(32)31-26)14-19(15-29)25(33)30-22-11-5-4-10-21(22)28/h4-14H,1-3H3,(H,30,33)/b19-14-. The van der Waals surface area contributed by atoms with Crippen LogP contribution in [0.1, 0.15) is 22.3 Å². The summed E-state index contributed by atoms with van der Waals surface area (Å²) in [6.07, 6.45) is 2.77. The molecule has 4 aromatic rings. The molecule has 0 aliphatic rings. The van der Waals surface area contributed by atoms with Crippen LogP contribution in [0.4, 0.5) is 5.69 Å². The summed E-state index contributed by atoms with van der Waals surface area (Å²) in [5.41, 5.74) is 2.60. The topological polar surface area (TPSA) is 96.5 Å². The van der Waals surface area contributed by atoms with Gasteiger partial charge in [-0.2, -0.15) is 10.2 Å². The van der Waals surface area contributed by atoms with E-state index in [4.69, 9.17) is 16.3 Å². The highest BCUT2D eigenvalue weighted by Gasteiger charge is 2.19. The number of nitrogens with one attached hydrogen (secondary N) is 1. The molecule has 2 aromatic heterocycles. The predicted octanol–water partition coefficient (Wildman–Crippen LogP) is 5.61. The van der Waals surface area contributed by atoms with Crippen molar-refractivity contribution in [3.8, 4) is 17.7 Å². The minimum absolute atomic E-state index is 0.00343. The summed E-state index contributed by atoms with van der Waals surface area (Å²) in [6, 6.07) is 17.6. The highest BCUT2D eigenvalue weighted by atomic mass is 35.5. The van der Waals surface area contributed by atoms with Gasteiger partial charge in [-0.05, 0) is 67.8 Å². The van der Waals surface area contributed by atoms with E-state index in [0.29, 0.717) is 22.1 Å². The van der Waals surface area contributed by atoms with Crippen LogP contribution in [0.2, 0.25) is 5.02 Å². The lowest BCUT2D eigenvalue weighted by atomic mass is 10.1. The van der Waals surface area contributed by atoms with Gasteiger partial charge in [-0.25, -0.2) is 0 Å². The van der Waals surface area contributed by atoms with Crippen molar-refractivity contribution in [3.63, 3.8) is 0 Å². The Labute approximate surface area is 206 Å². The molecule has 174 valence electrons. The molecule has 0 saturated heterocycles. The number of carbonyl (C=O) groups is 1. The number of nitriles is 1. The number of carbonyl (C=O) groups excluding carboxylic acids is 1. The molecule has 1 N–H and O–H groups in total. The third-order valence-corrected chi connectivity index (χ3v) is 5.92. The van der Waals surface area contributed by atoms with Crippen molar-refractivity contribution < 1.29 is 9.53 Å². The minimum Gasteiger partial charge on any atom is -0.438 e. The lowest BCUT2D eigenvalue weighted by molar-refractivity contribution is -0.112. The first-order valence-corrected chi connectivity index (χ1v) is 11.1. The van der Waals surface area contributed by atoms with Gasteiger partial charge >= 0.3 is 0 Å². The summed E-state index contributed by atoms with van der Waals surface area (Å²) in [4.78, 5) is 30.9. The summed E-state index contributed by atoms with van der Waals surface area (Å²) >= 11 is 6.12. The number of nitrogens with zero attached hydrogens (tertiary/aromatic N) is 3. The van der Waals surface area contributed by atoms with Gasteiger partial charge in [-0.3, -0.25) is 14.0 Å². The van der Waals surface area contributed by atoms with Crippen molar-refractivity contribution in [2.75, 3.05) is 5.32 Å². The number of fused-ring (bicyclic) bond motifs is 1. The van der Waals surface area contributed by atoms with Gasteiger partial charge in [0.2, 0.25) is 5.88 Å². The van der Waals surface area contributed by atoms with Gasteiger partial charge in [0.15, 0.2) is 0 Å². The van der Waals surface area contributed by atoms with Crippen LogP contribution in [0.5, 0.6) is 11.6 Å². The van der Waals surface area contributed by atoms with Crippen molar-refractivity contribution in [2.45, 2.75) is 20.8 Å². The van der Waals surface area contributed by atoms with E-state index in [1.807, 2.05) is 45.0 Å². The molecule has 0 fully saturated rings. The van der Waals surface area contributed by atoms with Crippen molar-refractivity contribution in [3.05, 3.63) is 104 Å². The second kappa shape index (κ2) is 9.84. The number of pyridine rings is 1. The molecule has 0 atom stereocenters. The summed E-state index contributed by atoms with van der Waals surface area (Å²) < 4.78 is 7.46. The van der Waals surface area contributed by atoms with Crippen molar-refractivity contribution in [1.82, 2.24) is 9.38 Å². The molecule has 35 heavy (non-hydrogen) atoms. The van der Waals surface area contributed by atoms with Crippen LogP contribution in [-0.4, -0.2) is 15.3 Å². The lowest BCUT2D eigenvalue weighted by Crippen LogP contribution is -2.21. The first kappa shape index (κ1) is 23.7. The maximum Gasteiger partial charge on any atom is 0.269 e. The number of amides is 1. The van der Waals surface area contributed by atoms with Crippen LogP contribution in [0.25, 0.3) is 11.7 Å². The summed E-state index contributed by atoms with van der Waals surface area (Å²) in [7, 11) is 0. The van der Waals surface area contributed by atoms with E-state index in [-0.39, 0.29) is 17.0 Å². The fourth-order valence-electron chi connectivity index (χ4n) is 3.48. The number of rotatable bonds is 5. The molecule has 1 amide bonds. The maximum absolute atomic E-state index is 13.5. The molecular formula is C27H21ClN4O3. The van der Waals surface area contributed by atoms with E-state index in [9.17, 15) is 14.9 Å². The molecule has 8 heteroatoms. The second-order valence-corrected chi connectivity index (χ2v) is 8.33. The molecule has 2 aromatic carbocycles. The van der Waals surface area contributed by atoms with Crippen LogP contribution in [-0.2, 0) is 4.79 Å². The lowest BCUT2D eigenvalue weighted by Gasteiger charge is -2.14. The Morgan fingerprint density at radius 1 is 1.09 bits per heavy atom. The molecule has 7 nitrogen and oxygen atoms in total. The average Bonchev–Trinajstić information content (AvgIpc) is 2.84. The molecule has 0 bridgehead atoms. The minimum atomic E-state index is -0.716. The van der Waals surface area contributed by atoms with Crippen molar-refractivity contribution >= 4 is 34.9 Å². The molecule has 0 aliphatic carbocycles. The quantitative estimate of drug-likeness (QED) is 0.293. The third-order valence-electron chi connectivity index (χ3n) is 5.59. The maximum atomic E-state index is 13.5. The Kier molecular flexibility index (Phi) is 6.67. The molecular weight excluding hydrogens is 464 g/mol. The Morgan fingerprint density at radius 2 is 1.83 bits per heavy atom. The molecule has 4 rings (SSSR count). The number of anilines is 1. The smallest absolute Gasteiger partial charge is 0.269 e. The number of ether oxygens (including phenoxy) is 1. The van der Waals surface area contributed by atoms with Crippen LogP contribution >= 0.6 is 11.6 Å². The SMILES string of the molecule is Cc1cccc(Oc2nc3c(C)cccn3c(=O)c2/C=C(/C#N)C(=O)Nc2ccccc2Cl)c1C. The number of aryl methyl sites for hydroxylation is 2. The Bertz CT molecular complexity index is 1600. The van der Waals surface area contributed by atoms with Gasteiger partial charge in [0.25, 0.3) is 11.5 Å². The Morgan fingerprint density at radius 3 is 2.57 bits per heavy atom. The van der Waals surface area contributed by atoms with E-state index >= 15 is 0 Å². The number of para-hydroxylation sites is 1. The zero-order valence-electron chi connectivity index (χ0n) is 19.3. The van der Waals surface area contributed by atoms with Crippen LogP contribution < -0.4 is 15.6 Å². The third kappa shape index (κ3) is 4.79. The van der Waals surface area contributed by atoms with Crippen LogP contribution in [0, 0.1) is 32.1 Å². The number of halogens is 1. The van der Waals surface area contributed by atoms with Crippen LogP contribution in [0.15, 0.2) is 71.2 Å². The van der Waals surface area contributed by atoms with E-state index in [0.717, 1.165) is 16.7 Å². The fraction of sp³-hybridized carbons (Fsp3) is 0.111. The molecule has 0 aliphatic heterocycles. The van der Waals surface area contributed by atoms with Gasteiger partial charge in [0.05, 0.1) is 10.7 Å². The van der Waals surface area contributed by atoms with E-state index < -0.39 is 11.5 Å². The molecule has 2 heterocycles. The largest absolute Gasteiger partial charge is 0.438 e. The highest BCUT2D eigenvalue weighted by Crippen LogP contribution is 2.29. The van der Waals surface area contributed by atoms with Crippen molar-refractivity contribution in [1.29, 1.82) is 5.26 Å². The number of hydrogen-bond donors (Lipinski definition) is 1. The first-order chi connectivity index (χ1) is 16.8. The number of aromatic nitrogens is 2.